The van der Waals surface area contributed by atoms with Gasteiger partial charge in [-0.1, -0.05) is 36.4 Å². The zero-order chi connectivity index (χ0) is 15.5. The standard InChI is InChI=1S/C17H18N2O2/c1-17(2,3)21-16(20)19-15(11-18)14-9-8-12-6-4-5-7-13(12)10-14/h4-10,15H,1-3H3,(H,19,20). The van der Waals surface area contributed by atoms with Crippen LogP contribution in [0.2, 0.25) is 0 Å². The van der Waals surface area contributed by atoms with Crippen LogP contribution in [0, 0.1) is 11.3 Å². The predicted octanol–water partition coefficient (Wildman–Crippen LogP) is 3.93. The first-order chi connectivity index (χ1) is 9.89. The highest BCUT2D eigenvalue weighted by atomic mass is 16.6. The van der Waals surface area contributed by atoms with Crippen LogP contribution in [-0.4, -0.2) is 11.7 Å². The Morgan fingerprint density at radius 1 is 1.19 bits per heavy atom. The Hall–Kier alpha value is -2.54. The number of carbonyl (C=O) groups excluding carboxylic acids is 1. The molecule has 0 radical (unpaired) electrons. The third-order valence-electron chi connectivity index (χ3n) is 2.90. The Kier molecular flexibility index (Phi) is 4.13. The second-order valence-electron chi connectivity index (χ2n) is 5.81. The number of fused-ring (bicyclic) bond motifs is 1. The SMILES string of the molecule is CC(C)(C)OC(=O)NC(C#N)c1ccc2ccccc2c1. The molecule has 0 fully saturated rings. The second kappa shape index (κ2) is 5.84. The summed E-state index contributed by atoms with van der Waals surface area (Å²) >= 11 is 0. The van der Waals surface area contributed by atoms with Gasteiger partial charge in [0.25, 0.3) is 0 Å². The zero-order valence-corrected chi connectivity index (χ0v) is 12.4. The van der Waals surface area contributed by atoms with Crippen LogP contribution >= 0.6 is 0 Å². The number of amides is 1. The van der Waals surface area contributed by atoms with Crippen molar-refractivity contribution in [3.8, 4) is 6.07 Å². The number of hydrogen-bond donors (Lipinski definition) is 1. The van der Waals surface area contributed by atoms with E-state index in [1.54, 1.807) is 20.8 Å². The number of carbonyl (C=O) groups is 1. The molecule has 1 unspecified atom stereocenters. The Morgan fingerprint density at radius 3 is 2.48 bits per heavy atom. The van der Waals surface area contributed by atoms with Gasteiger partial charge in [0.05, 0.1) is 6.07 Å². The highest BCUT2D eigenvalue weighted by Gasteiger charge is 2.20. The summed E-state index contributed by atoms with van der Waals surface area (Å²) in [5.74, 6) is 0. The number of ether oxygens (including phenoxy) is 1. The predicted molar refractivity (Wildman–Crippen MR) is 81.7 cm³/mol. The summed E-state index contributed by atoms with van der Waals surface area (Å²) in [7, 11) is 0. The van der Waals surface area contributed by atoms with Gasteiger partial charge in [0.1, 0.15) is 11.6 Å². The lowest BCUT2D eigenvalue weighted by Gasteiger charge is -2.21. The van der Waals surface area contributed by atoms with Gasteiger partial charge in [-0.05, 0) is 43.2 Å². The minimum atomic E-state index is -0.732. The summed E-state index contributed by atoms with van der Waals surface area (Å²) in [6, 6.07) is 14.9. The first-order valence-corrected chi connectivity index (χ1v) is 6.77. The number of nitrogens with one attached hydrogen (secondary N) is 1. The van der Waals surface area contributed by atoms with Crippen LogP contribution in [0.15, 0.2) is 42.5 Å². The zero-order valence-electron chi connectivity index (χ0n) is 12.4. The van der Waals surface area contributed by atoms with E-state index in [1.165, 1.54) is 0 Å². The van der Waals surface area contributed by atoms with Crippen LogP contribution in [-0.2, 0) is 4.74 Å². The van der Waals surface area contributed by atoms with Crippen LogP contribution < -0.4 is 5.32 Å². The molecule has 2 rings (SSSR count). The molecule has 1 N–H and O–H groups in total. The van der Waals surface area contributed by atoms with Crippen LogP contribution in [0.1, 0.15) is 32.4 Å². The fraction of sp³-hybridized carbons (Fsp3) is 0.294. The number of nitriles is 1. The Labute approximate surface area is 124 Å². The molecular formula is C17H18N2O2. The monoisotopic (exact) mass is 282 g/mol. The van der Waals surface area contributed by atoms with Crippen molar-refractivity contribution in [3.63, 3.8) is 0 Å². The van der Waals surface area contributed by atoms with Crippen molar-refractivity contribution < 1.29 is 9.53 Å². The summed E-state index contributed by atoms with van der Waals surface area (Å²) in [5.41, 5.74) is 0.148. The number of benzene rings is 2. The Bertz CT molecular complexity index is 696. The molecule has 1 amide bonds. The highest BCUT2D eigenvalue weighted by molar-refractivity contribution is 5.83. The summed E-state index contributed by atoms with van der Waals surface area (Å²) in [4.78, 5) is 11.8. The molecule has 0 saturated heterocycles. The lowest BCUT2D eigenvalue weighted by Crippen LogP contribution is -2.34. The first-order valence-electron chi connectivity index (χ1n) is 6.77. The third kappa shape index (κ3) is 3.96. The lowest BCUT2D eigenvalue weighted by molar-refractivity contribution is 0.0515. The quantitative estimate of drug-likeness (QED) is 0.907. The van der Waals surface area contributed by atoms with Crippen molar-refractivity contribution >= 4 is 16.9 Å². The average molecular weight is 282 g/mol. The molecule has 0 heterocycles. The van der Waals surface area contributed by atoms with Crippen molar-refractivity contribution in [1.82, 2.24) is 5.32 Å². The number of nitrogens with zero attached hydrogens (tertiary/aromatic N) is 1. The van der Waals surface area contributed by atoms with Crippen LogP contribution in [0.3, 0.4) is 0 Å². The van der Waals surface area contributed by atoms with E-state index in [2.05, 4.69) is 11.4 Å². The van der Waals surface area contributed by atoms with Crippen LogP contribution in [0.5, 0.6) is 0 Å². The maximum atomic E-state index is 11.8. The van der Waals surface area contributed by atoms with Gasteiger partial charge in [0, 0.05) is 0 Å². The fourth-order valence-electron chi connectivity index (χ4n) is 2.00. The van der Waals surface area contributed by atoms with Crippen molar-refractivity contribution in [3.05, 3.63) is 48.0 Å². The van der Waals surface area contributed by atoms with Crippen molar-refractivity contribution in [2.45, 2.75) is 32.4 Å². The van der Waals surface area contributed by atoms with E-state index < -0.39 is 17.7 Å². The molecule has 108 valence electrons. The van der Waals surface area contributed by atoms with Crippen LogP contribution in [0.25, 0.3) is 10.8 Å². The van der Waals surface area contributed by atoms with Gasteiger partial charge in [0.2, 0.25) is 0 Å². The van der Waals surface area contributed by atoms with Crippen molar-refractivity contribution in [2.75, 3.05) is 0 Å². The highest BCUT2D eigenvalue weighted by Crippen LogP contribution is 2.20. The fourth-order valence-corrected chi connectivity index (χ4v) is 2.00. The van der Waals surface area contributed by atoms with Gasteiger partial charge < -0.3 is 10.1 Å². The maximum absolute atomic E-state index is 11.8. The second-order valence-corrected chi connectivity index (χ2v) is 5.81. The van der Waals surface area contributed by atoms with Gasteiger partial charge in [-0.2, -0.15) is 5.26 Å². The van der Waals surface area contributed by atoms with E-state index in [0.717, 1.165) is 16.3 Å². The largest absolute Gasteiger partial charge is 0.444 e. The smallest absolute Gasteiger partial charge is 0.408 e. The Morgan fingerprint density at radius 2 is 1.86 bits per heavy atom. The number of hydrogen-bond acceptors (Lipinski definition) is 3. The molecule has 0 aliphatic heterocycles. The minimum Gasteiger partial charge on any atom is -0.444 e. The molecular weight excluding hydrogens is 264 g/mol. The normalized spacial score (nSPS) is 12.5. The average Bonchev–Trinajstić information content (AvgIpc) is 2.42. The molecule has 21 heavy (non-hydrogen) atoms. The van der Waals surface area contributed by atoms with Gasteiger partial charge in [-0.3, -0.25) is 0 Å². The van der Waals surface area contributed by atoms with Crippen molar-refractivity contribution in [2.24, 2.45) is 0 Å². The van der Waals surface area contributed by atoms with Gasteiger partial charge in [0.15, 0.2) is 0 Å². The Balaban J connectivity index is 2.20. The molecule has 0 aliphatic carbocycles. The number of rotatable bonds is 2. The van der Waals surface area contributed by atoms with E-state index in [1.807, 2.05) is 42.5 Å². The summed E-state index contributed by atoms with van der Waals surface area (Å²) in [6.45, 7) is 5.35. The molecule has 0 aliphatic rings. The van der Waals surface area contributed by atoms with Gasteiger partial charge in [-0.15, -0.1) is 0 Å². The minimum absolute atomic E-state index is 0.590. The first kappa shape index (κ1) is 14.9. The van der Waals surface area contributed by atoms with Crippen molar-refractivity contribution in [1.29, 1.82) is 5.26 Å². The lowest BCUT2D eigenvalue weighted by atomic mass is 10.0. The molecule has 0 bridgehead atoms. The van der Waals surface area contributed by atoms with E-state index in [4.69, 9.17) is 4.74 Å². The maximum Gasteiger partial charge on any atom is 0.408 e. The topological polar surface area (TPSA) is 62.1 Å². The van der Waals surface area contributed by atoms with Gasteiger partial charge >= 0.3 is 6.09 Å². The van der Waals surface area contributed by atoms with E-state index in [9.17, 15) is 10.1 Å². The molecule has 0 aromatic heterocycles. The number of alkyl carbamates (subject to hydrolysis) is 1. The molecule has 0 saturated carbocycles. The van der Waals surface area contributed by atoms with Crippen LogP contribution in [0.4, 0.5) is 4.79 Å². The molecule has 4 nitrogen and oxygen atoms in total. The van der Waals surface area contributed by atoms with E-state index >= 15 is 0 Å². The molecule has 2 aromatic rings. The summed E-state index contributed by atoms with van der Waals surface area (Å²) in [5, 5.41) is 14.0. The summed E-state index contributed by atoms with van der Waals surface area (Å²) in [6.07, 6.45) is -0.595. The molecule has 2 aromatic carbocycles. The van der Waals surface area contributed by atoms with Gasteiger partial charge in [-0.25, -0.2) is 4.79 Å². The van der Waals surface area contributed by atoms with E-state index in [0.29, 0.717) is 0 Å². The molecule has 4 heteroatoms. The molecule has 0 spiro atoms. The third-order valence-corrected chi connectivity index (χ3v) is 2.90. The molecule has 1 atom stereocenters. The van der Waals surface area contributed by atoms with E-state index in [-0.39, 0.29) is 0 Å². The summed E-state index contributed by atoms with van der Waals surface area (Å²) < 4.78 is 5.18.